The van der Waals surface area contributed by atoms with Crippen LogP contribution in [-0.4, -0.2) is 15.5 Å². The van der Waals surface area contributed by atoms with Crippen LogP contribution in [0.5, 0.6) is 5.75 Å². The van der Waals surface area contributed by atoms with E-state index in [9.17, 15) is 8.42 Å². The molecule has 0 radical (unpaired) electrons. The summed E-state index contributed by atoms with van der Waals surface area (Å²) in [6.07, 6.45) is 1.72. The highest BCUT2D eigenvalue weighted by Gasteiger charge is 2.22. The number of methoxy groups -OCH3 is 1. The molecule has 136 valence electrons. The lowest BCUT2D eigenvalue weighted by Crippen LogP contribution is -2.24. The molecule has 0 aliphatic carbocycles. The molecule has 1 N–H and O–H groups in total. The molecule has 0 fully saturated rings. The summed E-state index contributed by atoms with van der Waals surface area (Å²) in [5.74, 6) is 0.328. The number of rotatable bonds is 7. The number of hydrogen-bond acceptors (Lipinski definition) is 3. The van der Waals surface area contributed by atoms with Crippen LogP contribution < -0.4 is 9.46 Å². The van der Waals surface area contributed by atoms with Crippen LogP contribution in [0, 0.1) is 0 Å². The number of nitrogens with one attached hydrogen (secondary N) is 1. The SMILES string of the molecule is CCc1ccc(CC)c(CNS(=O)(=O)c2ccc(OC)c(Cl)c2Cl)c1. The van der Waals surface area contributed by atoms with E-state index in [1.807, 2.05) is 19.1 Å². The van der Waals surface area contributed by atoms with Crippen LogP contribution in [0.1, 0.15) is 30.5 Å². The van der Waals surface area contributed by atoms with Crippen LogP contribution in [0.4, 0.5) is 0 Å². The Labute approximate surface area is 159 Å². The second-order valence-corrected chi connectivity index (χ2v) is 8.02. The fourth-order valence-corrected chi connectivity index (χ4v) is 4.38. The summed E-state index contributed by atoms with van der Waals surface area (Å²) in [5.41, 5.74) is 3.23. The van der Waals surface area contributed by atoms with E-state index in [0.29, 0.717) is 5.75 Å². The number of benzene rings is 2. The van der Waals surface area contributed by atoms with E-state index in [1.54, 1.807) is 0 Å². The Balaban J connectivity index is 2.30. The summed E-state index contributed by atoms with van der Waals surface area (Å²) in [7, 11) is -2.36. The van der Waals surface area contributed by atoms with Gasteiger partial charge in [0, 0.05) is 6.54 Å². The fourth-order valence-electron chi connectivity index (χ4n) is 2.54. The Morgan fingerprint density at radius 1 is 1.00 bits per heavy atom. The molecular weight excluding hydrogens is 381 g/mol. The minimum Gasteiger partial charge on any atom is -0.495 e. The molecule has 0 aliphatic rings. The summed E-state index contributed by atoms with van der Waals surface area (Å²) in [6.45, 7) is 4.30. The predicted molar refractivity (Wildman–Crippen MR) is 102 cm³/mol. The molecule has 7 heteroatoms. The second kappa shape index (κ2) is 8.41. The first-order valence-electron chi connectivity index (χ1n) is 7.96. The smallest absolute Gasteiger partial charge is 0.242 e. The topological polar surface area (TPSA) is 55.4 Å². The van der Waals surface area contributed by atoms with Crippen molar-refractivity contribution in [3.8, 4) is 5.75 Å². The third-order valence-electron chi connectivity index (χ3n) is 4.03. The zero-order chi connectivity index (χ0) is 18.6. The first-order chi connectivity index (χ1) is 11.8. The molecular formula is C18H21Cl2NO3S. The van der Waals surface area contributed by atoms with Gasteiger partial charge in [0.05, 0.1) is 12.1 Å². The van der Waals surface area contributed by atoms with E-state index in [1.165, 1.54) is 19.2 Å². The van der Waals surface area contributed by atoms with Crippen LogP contribution in [0.2, 0.25) is 10.0 Å². The van der Waals surface area contributed by atoms with Gasteiger partial charge in [-0.3, -0.25) is 0 Å². The molecule has 0 aliphatic heterocycles. The minimum atomic E-state index is -3.80. The van der Waals surface area contributed by atoms with Crippen LogP contribution >= 0.6 is 23.2 Å². The summed E-state index contributed by atoms with van der Waals surface area (Å²) < 4.78 is 32.9. The van der Waals surface area contributed by atoms with Gasteiger partial charge in [0.1, 0.15) is 15.7 Å². The van der Waals surface area contributed by atoms with Gasteiger partial charge in [0.25, 0.3) is 0 Å². The molecule has 0 saturated carbocycles. The van der Waals surface area contributed by atoms with Gasteiger partial charge in [-0.2, -0.15) is 0 Å². The van der Waals surface area contributed by atoms with Crippen molar-refractivity contribution < 1.29 is 13.2 Å². The van der Waals surface area contributed by atoms with Crippen molar-refractivity contribution in [1.82, 2.24) is 4.72 Å². The van der Waals surface area contributed by atoms with Gasteiger partial charge < -0.3 is 4.74 Å². The number of ether oxygens (including phenoxy) is 1. The molecule has 0 saturated heterocycles. The zero-order valence-corrected chi connectivity index (χ0v) is 16.7. The molecule has 2 rings (SSSR count). The summed E-state index contributed by atoms with van der Waals surface area (Å²) in [6, 6.07) is 9.01. The molecule has 0 unspecified atom stereocenters. The van der Waals surface area contributed by atoms with Gasteiger partial charge in [0.15, 0.2) is 0 Å². The van der Waals surface area contributed by atoms with E-state index < -0.39 is 10.0 Å². The first-order valence-corrected chi connectivity index (χ1v) is 10.2. The molecule has 2 aromatic carbocycles. The van der Waals surface area contributed by atoms with Crippen molar-refractivity contribution in [2.24, 2.45) is 0 Å². The maximum Gasteiger partial charge on any atom is 0.242 e. The van der Waals surface area contributed by atoms with Gasteiger partial charge in [0.2, 0.25) is 10.0 Å². The number of hydrogen-bond donors (Lipinski definition) is 1. The summed E-state index contributed by atoms with van der Waals surface area (Å²) >= 11 is 12.2. The number of sulfonamides is 1. The Morgan fingerprint density at radius 3 is 2.32 bits per heavy atom. The molecule has 0 heterocycles. The van der Waals surface area contributed by atoms with Crippen LogP contribution in [-0.2, 0) is 29.4 Å². The van der Waals surface area contributed by atoms with E-state index >= 15 is 0 Å². The molecule has 0 amide bonds. The minimum absolute atomic E-state index is 0.0495. The van der Waals surface area contributed by atoms with E-state index in [-0.39, 0.29) is 21.5 Å². The first kappa shape index (κ1) is 20.0. The molecule has 4 nitrogen and oxygen atoms in total. The average molecular weight is 402 g/mol. The Bertz CT molecular complexity index is 867. The van der Waals surface area contributed by atoms with Crippen molar-refractivity contribution in [2.45, 2.75) is 38.1 Å². The fraction of sp³-hybridized carbons (Fsp3) is 0.333. The summed E-state index contributed by atoms with van der Waals surface area (Å²) in [4.78, 5) is -0.0651. The lowest BCUT2D eigenvalue weighted by molar-refractivity contribution is 0.414. The van der Waals surface area contributed by atoms with Crippen LogP contribution in [0.3, 0.4) is 0 Å². The normalized spacial score (nSPS) is 11.6. The Hall–Kier alpha value is -1.27. The average Bonchev–Trinajstić information content (AvgIpc) is 2.61. The highest BCUT2D eigenvalue weighted by Crippen LogP contribution is 2.36. The van der Waals surface area contributed by atoms with E-state index in [2.05, 4.69) is 17.7 Å². The molecule has 2 aromatic rings. The molecule has 0 aromatic heterocycles. The lowest BCUT2D eigenvalue weighted by Gasteiger charge is -2.14. The van der Waals surface area contributed by atoms with Crippen molar-refractivity contribution in [3.63, 3.8) is 0 Å². The second-order valence-electron chi connectivity index (χ2n) is 5.53. The molecule has 25 heavy (non-hydrogen) atoms. The maximum atomic E-state index is 12.6. The Kier molecular flexibility index (Phi) is 6.74. The lowest BCUT2D eigenvalue weighted by atomic mass is 10.0. The monoisotopic (exact) mass is 401 g/mol. The van der Waals surface area contributed by atoms with Crippen LogP contribution in [0.15, 0.2) is 35.2 Å². The molecule has 0 atom stereocenters. The largest absolute Gasteiger partial charge is 0.495 e. The van der Waals surface area contributed by atoms with Crippen molar-refractivity contribution >= 4 is 33.2 Å². The third kappa shape index (κ3) is 4.47. The van der Waals surface area contributed by atoms with Crippen molar-refractivity contribution in [1.29, 1.82) is 0 Å². The standard InChI is InChI=1S/C18H21Cl2NO3S/c1-4-12-6-7-13(5-2)14(10-12)11-21-25(22,23)16-9-8-15(24-3)17(19)18(16)20/h6-10,21H,4-5,11H2,1-3H3. The van der Waals surface area contributed by atoms with Gasteiger partial charge in [-0.25, -0.2) is 13.1 Å². The third-order valence-corrected chi connectivity index (χ3v) is 6.45. The van der Waals surface area contributed by atoms with Gasteiger partial charge in [-0.05, 0) is 41.7 Å². The van der Waals surface area contributed by atoms with E-state index in [0.717, 1.165) is 29.5 Å². The summed E-state index contributed by atoms with van der Waals surface area (Å²) in [5, 5.41) is 0.0285. The number of halogens is 2. The highest BCUT2D eigenvalue weighted by atomic mass is 35.5. The van der Waals surface area contributed by atoms with Gasteiger partial charge in [-0.1, -0.05) is 55.2 Å². The van der Waals surface area contributed by atoms with Gasteiger partial charge >= 0.3 is 0 Å². The maximum absolute atomic E-state index is 12.6. The zero-order valence-electron chi connectivity index (χ0n) is 14.4. The Morgan fingerprint density at radius 2 is 1.72 bits per heavy atom. The van der Waals surface area contributed by atoms with E-state index in [4.69, 9.17) is 27.9 Å². The quantitative estimate of drug-likeness (QED) is 0.736. The number of aryl methyl sites for hydroxylation is 2. The van der Waals surface area contributed by atoms with Crippen molar-refractivity contribution in [3.05, 3.63) is 57.1 Å². The van der Waals surface area contributed by atoms with Gasteiger partial charge in [-0.15, -0.1) is 0 Å². The van der Waals surface area contributed by atoms with Crippen molar-refractivity contribution in [2.75, 3.05) is 7.11 Å². The molecule has 0 bridgehead atoms. The molecule has 0 spiro atoms. The highest BCUT2D eigenvalue weighted by molar-refractivity contribution is 7.89. The predicted octanol–water partition coefficient (Wildman–Crippen LogP) is 4.61. The van der Waals surface area contributed by atoms with Crippen LogP contribution in [0.25, 0.3) is 0 Å².